The van der Waals surface area contributed by atoms with Gasteiger partial charge in [0.2, 0.25) is 5.79 Å². The third kappa shape index (κ3) is 16.4. The van der Waals surface area contributed by atoms with Gasteiger partial charge in [-0.05, 0) is 114 Å². The highest BCUT2D eigenvalue weighted by atomic mass is 16.6. The summed E-state index contributed by atoms with van der Waals surface area (Å²) in [6, 6.07) is -1.11. The Morgan fingerprint density at radius 1 is 0.956 bits per heavy atom. The number of esters is 1. The summed E-state index contributed by atoms with van der Waals surface area (Å²) >= 11 is 0. The number of amides is 1. The number of methoxy groups -OCH3 is 2. The molecule has 0 aromatic carbocycles. The van der Waals surface area contributed by atoms with Crippen LogP contribution in [0.5, 0.6) is 0 Å². The number of carbonyl (C=O) groups excluding carboxylic acids is 5. The van der Waals surface area contributed by atoms with Gasteiger partial charge >= 0.3 is 5.97 Å². The minimum absolute atomic E-state index is 0.0482. The Bertz CT molecular complexity index is 1850. The molecule has 0 spiro atoms. The van der Waals surface area contributed by atoms with Gasteiger partial charge < -0.3 is 43.5 Å². The number of aliphatic hydroxyl groups excluding tert-OH is 1. The molecule has 14 heteroatoms. The minimum atomic E-state index is -2.36. The van der Waals surface area contributed by atoms with Crippen molar-refractivity contribution in [3.8, 4) is 12.3 Å². The lowest BCUT2D eigenvalue weighted by Gasteiger charge is -2.42. The molecule has 4 rings (SSSR count). The number of ketones is 3. The van der Waals surface area contributed by atoms with Gasteiger partial charge in [0.25, 0.3) is 11.7 Å². The van der Waals surface area contributed by atoms with Crippen molar-refractivity contribution in [1.29, 1.82) is 0 Å². The van der Waals surface area contributed by atoms with E-state index in [1.54, 1.807) is 27.0 Å². The van der Waals surface area contributed by atoms with E-state index in [1.165, 1.54) is 12.0 Å². The first-order chi connectivity index (χ1) is 32.4. The van der Waals surface area contributed by atoms with Gasteiger partial charge in [0.15, 0.2) is 5.78 Å². The Morgan fingerprint density at radius 3 is 2.44 bits per heavy atom. The molecule has 2 N–H and O–H groups in total. The van der Waals surface area contributed by atoms with Crippen LogP contribution >= 0.6 is 0 Å². The zero-order valence-electron chi connectivity index (χ0n) is 42.0. The first-order valence-corrected chi connectivity index (χ1v) is 25.0. The molecule has 1 aliphatic carbocycles. The average molecular weight is 952 g/mol. The van der Waals surface area contributed by atoms with Crippen LogP contribution in [0.15, 0.2) is 47.6 Å². The normalized spacial score (nSPS) is 36.8. The van der Waals surface area contributed by atoms with Crippen LogP contribution in [0, 0.1) is 41.9 Å². The van der Waals surface area contributed by atoms with Crippen molar-refractivity contribution < 1.29 is 62.6 Å². The van der Waals surface area contributed by atoms with Crippen molar-refractivity contribution in [2.24, 2.45) is 29.6 Å². The van der Waals surface area contributed by atoms with E-state index in [0.717, 1.165) is 18.4 Å². The molecule has 1 saturated carbocycles. The smallest absolute Gasteiger partial charge is 0.329 e. The zero-order chi connectivity index (χ0) is 50.0. The highest BCUT2D eigenvalue weighted by Gasteiger charge is 2.52. The number of rotatable bonds is 10. The second kappa shape index (κ2) is 28.1. The number of ether oxygens (including phenoxy) is 6. The molecule has 3 heterocycles. The van der Waals surface area contributed by atoms with Gasteiger partial charge in [-0.15, -0.1) is 6.42 Å². The summed E-state index contributed by atoms with van der Waals surface area (Å²) in [6.07, 6.45) is 19.4. The van der Waals surface area contributed by atoms with Gasteiger partial charge in [-0.3, -0.25) is 19.2 Å². The molecule has 1 amide bonds. The Labute approximate surface area is 405 Å². The van der Waals surface area contributed by atoms with Gasteiger partial charge in [0.05, 0.1) is 31.5 Å². The minimum Gasteiger partial charge on any atom is -0.460 e. The van der Waals surface area contributed by atoms with E-state index in [4.69, 9.17) is 34.8 Å². The molecule has 2 bridgehead atoms. The third-order valence-electron chi connectivity index (χ3n) is 14.4. The first kappa shape index (κ1) is 56.8. The third-order valence-corrected chi connectivity index (χ3v) is 14.4. The van der Waals surface area contributed by atoms with Crippen LogP contribution in [0.1, 0.15) is 131 Å². The summed E-state index contributed by atoms with van der Waals surface area (Å²) < 4.78 is 35.3. The topological polar surface area (TPSA) is 184 Å². The number of hydrogen-bond acceptors (Lipinski definition) is 13. The Morgan fingerprint density at radius 2 is 1.72 bits per heavy atom. The number of terminal acetylenes is 1. The van der Waals surface area contributed by atoms with E-state index in [-0.39, 0.29) is 73.9 Å². The number of cyclic esters (lactones) is 1. The number of piperidine rings is 1. The number of fused-ring (bicyclic) bond motifs is 3. The van der Waals surface area contributed by atoms with Crippen molar-refractivity contribution in [1.82, 2.24) is 4.90 Å². The fraction of sp³-hybridized carbons (Fsp3) is 0.722. The SMILES string of the molecule is C#CCOCCO[C@@H]1CC[C@@H](C[C@@H](C)[C@@H]2CC(=O)C/C=C(\C)[C@@H](O)[C@@H](OC)C(=O)[C@H](C)C[C@H](C)/C=C/C=C(C)/C=C/CC[C@@H]3CC[C@@H](C)[C@@](O)(O3)C(=O)C(=O)N3CCCC[C@H]3C(=O)O2)C[C@H]1OC. The van der Waals surface area contributed by atoms with Crippen molar-refractivity contribution in [3.63, 3.8) is 0 Å². The molecular weight excluding hydrogens is 871 g/mol. The molecule has 3 fully saturated rings. The average Bonchev–Trinajstić information content (AvgIpc) is 3.32. The predicted molar refractivity (Wildman–Crippen MR) is 258 cm³/mol. The number of nitrogens with zero attached hydrogens (tertiary/aromatic N) is 1. The molecule has 68 heavy (non-hydrogen) atoms. The molecule has 4 aliphatic rings. The summed E-state index contributed by atoms with van der Waals surface area (Å²) in [4.78, 5) is 71.4. The second-order valence-electron chi connectivity index (χ2n) is 19.8. The van der Waals surface area contributed by atoms with Gasteiger partial charge in [-0.2, -0.15) is 0 Å². The molecule has 0 aromatic heterocycles. The molecular formula is C54H81NO13. The lowest BCUT2D eigenvalue weighted by Crippen LogP contribution is -2.60. The van der Waals surface area contributed by atoms with E-state index in [2.05, 4.69) is 5.92 Å². The van der Waals surface area contributed by atoms with E-state index in [9.17, 15) is 34.2 Å². The standard InChI is InChI=1S/C54H81NO13/c1-10-28-65-29-30-66-45-26-23-41(33-47(45)63-8)32-38(5)46-34-42(56)24-21-37(4)48(57)50(64-9)49(58)39(6)31-36(3)18-15-17-35(2)16-11-12-19-43-25-22-40(7)54(62,68-43)51(59)52(60)55-27-14-13-20-44(55)53(61)67-46/h1,11,15-18,21,36,38-41,43-48,50,57,62H,12-14,19-20,22-34H2,2-9H3/b16-11+,18-15+,35-17+,37-21+/t36-,38-,39-,40-,41+,43-,44+,45-,46+,47-,48-,50-,54-/m1/s1. The summed E-state index contributed by atoms with van der Waals surface area (Å²) in [5.41, 5.74) is 1.40. The molecule has 3 aliphatic heterocycles. The maximum Gasteiger partial charge on any atom is 0.329 e. The molecule has 380 valence electrons. The first-order valence-electron chi connectivity index (χ1n) is 25.0. The van der Waals surface area contributed by atoms with Gasteiger partial charge in [0, 0.05) is 45.4 Å². The number of Topliss-reactive ketones (excluding diaryl/α,β-unsaturated/α-hetero) is 3. The molecule has 0 unspecified atom stereocenters. The van der Waals surface area contributed by atoms with Crippen LogP contribution < -0.4 is 0 Å². The maximum atomic E-state index is 14.4. The van der Waals surface area contributed by atoms with Gasteiger partial charge in [-0.1, -0.05) is 75.6 Å². The number of carbonyl (C=O) groups is 5. The number of hydrogen-bond donors (Lipinski definition) is 2. The molecule has 2 saturated heterocycles. The highest BCUT2D eigenvalue weighted by molar-refractivity contribution is 6.39. The van der Waals surface area contributed by atoms with Crippen LogP contribution in [-0.4, -0.2) is 133 Å². The molecule has 0 aromatic rings. The van der Waals surface area contributed by atoms with Crippen molar-refractivity contribution in [3.05, 3.63) is 47.6 Å². The fourth-order valence-electron chi connectivity index (χ4n) is 10.1. The second-order valence-corrected chi connectivity index (χ2v) is 19.8. The largest absolute Gasteiger partial charge is 0.460 e. The van der Waals surface area contributed by atoms with E-state index in [1.807, 2.05) is 58.1 Å². The van der Waals surface area contributed by atoms with Crippen LogP contribution in [0.4, 0.5) is 0 Å². The predicted octanol–water partition coefficient (Wildman–Crippen LogP) is 6.98. The van der Waals surface area contributed by atoms with Gasteiger partial charge in [-0.25, -0.2) is 4.79 Å². The summed E-state index contributed by atoms with van der Waals surface area (Å²) in [5, 5.41) is 23.2. The number of aliphatic hydroxyl groups is 2. The van der Waals surface area contributed by atoms with E-state index < -0.39 is 65.7 Å². The highest BCUT2D eigenvalue weighted by Crippen LogP contribution is 2.37. The fourth-order valence-corrected chi connectivity index (χ4v) is 10.1. The molecule has 14 nitrogen and oxygen atoms in total. The monoisotopic (exact) mass is 952 g/mol. The molecule has 0 radical (unpaired) electrons. The Kier molecular flexibility index (Phi) is 23.5. The van der Waals surface area contributed by atoms with Crippen molar-refractivity contribution in [2.75, 3.05) is 40.6 Å². The summed E-state index contributed by atoms with van der Waals surface area (Å²) in [7, 11) is 3.04. The Hall–Kier alpha value is -3.81. The quantitative estimate of drug-likeness (QED) is 0.0753. The van der Waals surface area contributed by atoms with Gasteiger partial charge in [0.1, 0.15) is 36.7 Å². The Balaban J connectivity index is 1.62. The van der Waals surface area contributed by atoms with Crippen LogP contribution in [0.2, 0.25) is 0 Å². The van der Waals surface area contributed by atoms with E-state index >= 15 is 0 Å². The lowest BCUT2D eigenvalue weighted by atomic mass is 9.78. The van der Waals surface area contributed by atoms with Crippen molar-refractivity contribution >= 4 is 29.2 Å². The zero-order valence-corrected chi connectivity index (χ0v) is 42.0. The maximum absolute atomic E-state index is 14.4. The van der Waals surface area contributed by atoms with Crippen LogP contribution in [0.3, 0.4) is 0 Å². The van der Waals surface area contributed by atoms with Crippen LogP contribution in [-0.2, 0) is 52.4 Å². The summed E-state index contributed by atoms with van der Waals surface area (Å²) in [6.45, 7) is 12.2. The van der Waals surface area contributed by atoms with E-state index in [0.29, 0.717) is 76.6 Å². The van der Waals surface area contributed by atoms with Crippen LogP contribution in [0.25, 0.3) is 0 Å². The van der Waals surface area contributed by atoms with Crippen molar-refractivity contribution in [2.45, 2.75) is 180 Å². The number of allylic oxidation sites excluding steroid dienone is 7. The summed E-state index contributed by atoms with van der Waals surface area (Å²) in [5.74, 6) is -4.42. The lowest BCUT2D eigenvalue weighted by molar-refractivity contribution is -0.263. The molecule has 13 atom stereocenters.